The lowest BCUT2D eigenvalue weighted by atomic mass is 10.0. The molecule has 0 saturated carbocycles. The van der Waals surface area contributed by atoms with Gasteiger partial charge in [-0.15, -0.1) is 0 Å². The van der Waals surface area contributed by atoms with Gasteiger partial charge in [-0.1, -0.05) is 18.2 Å². The molecule has 0 amide bonds. The van der Waals surface area contributed by atoms with Crippen molar-refractivity contribution in [3.05, 3.63) is 83.3 Å². The SMILES string of the molecule is O=c1oc2ccccc2c(O)c1-c1c(-c2ccc(O)cc2)nc2ccccn12. The summed E-state index contributed by atoms with van der Waals surface area (Å²) < 4.78 is 7.20. The van der Waals surface area contributed by atoms with Crippen LogP contribution in [0.5, 0.6) is 11.5 Å². The van der Waals surface area contributed by atoms with Crippen LogP contribution in [0.15, 0.2) is 82.1 Å². The topological polar surface area (TPSA) is 88.0 Å². The van der Waals surface area contributed by atoms with E-state index in [0.717, 1.165) is 0 Å². The molecular formula is C22H14N2O4. The molecule has 3 aromatic heterocycles. The minimum absolute atomic E-state index is 0.0421. The number of phenolic OH excluding ortho intramolecular Hbond substituents is 1. The average molecular weight is 370 g/mol. The normalized spacial score (nSPS) is 11.3. The number of para-hydroxylation sites is 1. The molecule has 0 bridgehead atoms. The molecular weight excluding hydrogens is 356 g/mol. The largest absolute Gasteiger partial charge is 0.508 e. The Morgan fingerprint density at radius 1 is 0.893 bits per heavy atom. The van der Waals surface area contributed by atoms with Gasteiger partial charge in [-0.3, -0.25) is 4.40 Å². The Labute approximate surface area is 158 Å². The number of pyridine rings is 1. The van der Waals surface area contributed by atoms with Gasteiger partial charge in [0.2, 0.25) is 0 Å². The molecule has 0 aliphatic rings. The summed E-state index contributed by atoms with van der Waals surface area (Å²) in [4.78, 5) is 17.5. The second kappa shape index (κ2) is 5.99. The number of fused-ring (bicyclic) bond motifs is 2. The fourth-order valence-corrected chi connectivity index (χ4v) is 3.40. The molecule has 28 heavy (non-hydrogen) atoms. The van der Waals surface area contributed by atoms with Crippen LogP contribution in [0, 0.1) is 0 Å². The van der Waals surface area contributed by atoms with Crippen molar-refractivity contribution in [3.63, 3.8) is 0 Å². The summed E-state index contributed by atoms with van der Waals surface area (Å²) in [5, 5.41) is 21.0. The second-order valence-electron chi connectivity index (χ2n) is 6.39. The molecule has 5 aromatic rings. The molecule has 0 spiro atoms. The van der Waals surface area contributed by atoms with Crippen LogP contribution in [0.4, 0.5) is 0 Å². The molecule has 0 unspecified atom stereocenters. The molecule has 136 valence electrons. The fraction of sp³-hybridized carbons (Fsp3) is 0. The Morgan fingerprint density at radius 2 is 1.64 bits per heavy atom. The molecule has 0 aliphatic carbocycles. The summed E-state index contributed by atoms with van der Waals surface area (Å²) in [5.74, 6) is -0.0281. The Bertz CT molecular complexity index is 1400. The van der Waals surface area contributed by atoms with Crippen LogP contribution in [-0.2, 0) is 0 Å². The van der Waals surface area contributed by atoms with Crippen molar-refractivity contribution in [2.75, 3.05) is 0 Å². The van der Waals surface area contributed by atoms with Crippen molar-refractivity contribution < 1.29 is 14.6 Å². The van der Waals surface area contributed by atoms with E-state index in [-0.39, 0.29) is 17.1 Å². The van der Waals surface area contributed by atoms with Gasteiger partial charge in [0, 0.05) is 11.8 Å². The van der Waals surface area contributed by atoms with Crippen molar-refractivity contribution in [2.45, 2.75) is 0 Å². The van der Waals surface area contributed by atoms with Crippen LogP contribution in [-0.4, -0.2) is 19.6 Å². The van der Waals surface area contributed by atoms with Crippen LogP contribution in [0.2, 0.25) is 0 Å². The summed E-state index contributed by atoms with van der Waals surface area (Å²) in [6.45, 7) is 0. The Morgan fingerprint density at radius 3 is 2.46 bits per heavy atom. The highest BCUT2D eigenvalue weighted by Gasteiger charge is 2.24. The zero-order chi connectivity index (χ0) is 19.3. The first-order chi connectivity index (χ1) is 13.6. The van der Waals surface area contributed by atoms with E-state index in [1.807, 2.05) is 18.2 Å². The van der Waals surface area contributed by atoms with Gasteiger partial charge >= 0.3 is 5.63 Å². The van der Waals surface area contributed by atoms with Crippen LogP contribution in [0.3, 0.4) is 0 Å². The van der Waals surface area contributed by atoms with Crippen molar-refractivity contribution in [3.8, 4) is 34.0 Å². The van der Waals surface area contributed by atoms with Gasteiger partial charge in [-0.25, -0.2) is 9.78 Å². The van der Waals surface area contributed by atoms with Gasteiger partial charge in [0.15, 0.2) is 0 Å². The number of aromatic hydroxyl groups is 2. The maximum Gasteiger partial charge on any atom is 0.349 e. The molecule has 2 aromatic carbocycles. The number of phenols is 1. The first kappa shape index (κ1) is 16.1. The molecule has 0 radical (unpaired) electrons. The van der Waals surface area contributed by atoms with Crippen molar-refractivity contribution in [1.82, 2.24) is 9.38 Å². The van der Waals surface area contributed by atoms with E-state index in [1.54, 1.807) is 59.1 Å². The van der Waals surface area contributed by atoms with Gasteiger partial charge < -0.3 is 14.6 Å². The van der Waals surface area contributed by atoms with Gasteiger partial charge in [-0.2, -0.15) is 0 Å². The number of hydrogen-bond acceptors (Lipinski definition) is 5. The van der Waals surface area contributed by atoms with Crippen molar-refractivity contribution in [2.24, 2.45) is 0 Å². The predicted molar refractivity (Wildman–Crippen MR) is 105 cm³/mol. The summed E-state index contributed by atoms with van der Waals surface area (Å²) in [6.07, 6.45) is 1.77. The molecule has 2 N–H and O–H groups in total. The highest BCUT2D eigenvalue weighted by atomic mass is 16.4. The van der Waals surface area contributed by atoms with Gasteiger partial charge in [0.05, 0.1) is 16.8 Å². The summed E-state index contributed by atoms with van der Waals surface area (Å²) in [6, 6.07) is 18.8. The molecule has 0 atom stereocenters. The number of nitrogens with zero attached hydrogens (tertiary/aromatic N) is 2. The van der Waals surface area contributed by atoms with Crippen LogP contribution in [0.25, 0.3) is 39.1 Å². The maximum atomic E-state index is 12.8. The predicted octanol–water partition coefficient (Wildman–Crippen LogP) is 4.19. The fourth-order valence-electron chi connectivity index (χ4n) is 3.40. The third-order valence-corrected chi connectivity index (χ3v) is 4.69. The van der Waals surface area contributed by atoms with Crippen molar-refractivity contribution >= 4 is 16.6 Å². The number of rotatable bonds is 2. The monoisotopic (exact) mass is 370 g/mol. The van der Waals surface area contributed by atoms with Crippen LogP contribution >= 0.6 is 0 Å². The van der Waals surface area contributed by atoms with E-state index >= 15 is 0 Å². The van der Waals surface area contributed by atoms with E-state index < -0.39 is 5.63 Å². The lowest BCUT2D eigenvalue weighted by molar-refractivity contribution is 0.470. The molecule has 5 rings (SSSR count). The molecule has 3 heterocycles. The molecule has 0 aliphatic heterocycles. The summed E-state index contributed by atoms with van der Waals surface area (Å²) >= 11 is 0. The third-order valence-electron chi connectivity index (χ3n) is 4.69. The highest BCUT2D eigenvalue weighted by molar-refractivity contribution is 5.93. The summed E-state index contributed by atoms with van der Waals surface area (Å²) in [5.41, 5.74) is 1.95. The first-order valence-electron chi connectivity index (χ1n) is 8.65. The number of benzene rings is 2. The highest BCUT2D eigenvalue weighted by Crippen LogP contribution is 2.38. The van der Waals surface area contributed by atoms with E-state index in [4.69, 9.17) is 4.42 Å². The number of imidazole rings is 1. The first-order valence-corrected chi connectivity index (χ1v) is 8.65. The standard InChI is InChI=1S/C22H14N2O4/c25-14-10-8-13(9-11-14)19-20(24-12-4-3-7-17(24)23-19)18-21(26)15-5-1-2-6-16(15)28-22(18)27/h1-12,25-26H. The Balaban J connectivity index is 1.92. The maximum absolute atomic E-state index is 12.8. The summed E-state index contributed by atoms with van der Waals surface area (Å²) in [7, 11) is 0. The number of aromatic nitrogens is 2. The van der Waals surface area contributed by atoms with E-state index in [1.165, 1.54) is 0 Å². The molecule has 6 nitrogen and oxygen atoms in total. The zero-order valence-corrected chi connectivity index (χ0v) is 14.5. The molecule has 6 heteroatoms. The van der Waals surface area contributed by atoms with E-state index in [0.29, 0.717) is 33.6 Å². The zero-order valence-electron chi connectivity index (χ0n) is 14.5. The third kappa shape index (κ3) is 2.35. The van der Waals surface area contributed by atoms with Gasteiger partial charge in [0.25, 0.3) is 0 Å². The molecule has 0 fully saturated rings. The van der Waals surface area contributed by atoms with Gasteiger partial charge in [-0.05, 0) is 48.5 Å². The van der Waals surface area contributed by atoms with Crippen LogP contribution in [0.1, 0.15) is 0 Å². The Hall–Kier alpha value is -4.06. The Kier molecular flexibility index (Phi) is 3.45. The minimum Gasteiger partial charge on any atom is -0.508 e. The van der Waals surface area contributed by atoms with E-state index in [9.17, 15) is 15.0 Å². The smallest absolute Gasteiger partial charge is 0.349 e. The molecule has 0 saturated heterocycles. The van der Waals surface area contributed by atoms with Crippen molar-refractivity contribution in [1.29, 1.82) is 0 Å². The van der Waals surface area contributed by atoms with Gasteiger partial charge in [0.1, 0.15) is 28.3 Å². The lowest BCUT2D eigenvalue weighted by Crippen LogP contribution is -2.06. The van der Waals surface area contributed by atoms with E-state index in [2.05, 4.69) is 4.98 Å². The lowest BCUT2D eigenvalue weighted by Gasteiger charge is -2.09. The number of hydrogen-bond donors (Lipinski definition) is 2. The van der Waals surface area contributed by atoms with Crippen LogP contribution < -0.4 is 5.63 Å². The minimum atomic E-state index is -0.651. The average Bonchev–Trinajstić information content (AvgIpc) is 3.08. The quantitative estimate of drug-likeness (QED) is 0.455. The second-order valence-corrected chi connectivity index (χ2v) is 6.39.